The maximum Gasteiger partial charge on any atom is 0.290 e. The smallest absolute Gasteiger partial charge is 0.290 e. The number of aliphatic hydroxyl groups excluding tert-OH is 1. The van der Waals surface area contributed by atoms with Crippen LogP contribution in [0.25, 0.3) is 11.0 Å². The Balaban J connectivity index is 1.59. The van der Waals surface area contributed by atoms with Crippen molar-refractivity contribution in [3.63, 3.8) is 0 Å². The lowest BCUT2D eigenvalue weighted by atomic mass is 9.81. The van der Waals surface area contributed by atoms with Crippen molar-refractivity contribution in [3.8, 4) is 0 Å². The maximum absolute atomic E-state index is 13.2. The lowest BCUT2D eigenvalue weighted by molar-refractivity contribution is -0.166. The van der Waals surface area contributed by atoms with Crippen LogP contribution >= 0.6 is 0 Å². The molecule has 1 aliphatic heterocycles. The quantitative estimate of drug-likeness (QED) is 0.232. The lowest BCUT2D eigenvalue weighted by Gasteiger charge is -2.36. The van der Waals surface area contributed by atoms with Gasteiger partial charge in [0, 0.05) is 36.0 Å². The Morgan fingerprint density at radius 1 is 1.05 bits per heavy atom. The Morgan fingerprint density at radius 3 is 2.59 bits per heavy atom. The van der Waals surface area contributed by atoms with E-state index in [-0.39, 0.29) is 30.8 Å². The third-order valence-electron chi connectivity index (χ3n) is 6.22. The highest BCUT2D eigenvalue weighted by Crippen LogP contribution is 2.42. The minimum Gasteiger partial charge on any atom is -0.464 e. The van der Waals surface area contributed by atoms with Crippen LogP contribution in [0.3, 0.4) is 0 Å². The molecule has 198 valence electrons. The van der Waals surface area contributed by atoms with Crippen LogP contribution in [0.15, 0.2) is 71.0 Å². The molecule has 0 aliphatic carbocycles. The molecule has 9 nitrogen and oxygen atoms in total. The van der Waals surface area contributed by atoms with E-state index in [1.165, 1.54) is 0 Å². The molecule has 4 rings (SSSR count). The highest BCUT2D eigenvalue weighted by molar-refractivity contribution is 6.04. The van der Waals surface area contributed by atoms with Crippen molar-refractivity contribution in [1.82, 2.24) is 0 Å². The summed E-state index contributed by atoms with van der Waals surface area (Å²) in [7, 11) is 0. The van der Waals surface area contributed by atoms with Gasteiger partial charge >= 0.3 is 0 Å². The Bertz CT molecular complexity index is 1190. The number of hydrogen-bond donors (Lipinski definition) is 3. The van der Waals surface area contributed by atoms with Gasteiger partial charge in [-0.25, -0.2) is 0 Å². The molecule has 0 radical (unpaired) electrons. The zero-order valence-electron chi connectivity index (χ0n) is 20.9. The minimum absolute atomic E-state index is 0.0190. The van der Waals surface area contributed by atoms with Crippen molar-refractivity contribution in [3.05, 3.63) is 72.2 Å². The summed E-state index contributed by atoms with van der Waals surface area (Å²) in [5.74, 6) is -0.614. The number of nitrogens with two attached hydrogens (primary N) is 1. The number of fused-ring (bicyclic) bond motifs is 1. The van der Waals surface area contributed by atoms with Crippen molar-refractivity contribution in [2.45, 2.75) is 25.6 Å². The highest BCUT2D eigenvalue weighted by atomic mass is 16.7. The molecule has 1 amide bonds. The van der Waals surface area contributed by atoms with Crippen LogP contribution in [0.1, 0.15) is 24.8 Å². The highest BCUT2D eigenvalue weighted by Gasteiger charge is 2.39. The number of allylic oxidation sites excluding steroid dienone is 1. The molecule has 3 aromatic rings. The van der Waals surface area contributed by atoms with E-state index < -0.39 is 12.2 Å². The summed E-state index contributed by atoms with van der Waals surface area (Å²) in [4.78, 5) is 13.2. The molecular formula is C28H34N2O7. The minimum atomic E-state index is -0.670. The molecule has 37 heavy (non-hydrogen) atoms. The number of aliphatic hydroxyl groups is 1. The van der Waals surface area contributed by atoms with Crippen molar-refractivity contribution < 1.29 is 33.3 Å². The molecule has 0 fully saturated rings. The van der Waals surface area contributed by atoms with E-state index >= 15 is 0 Å². The molecule has 3 atom stereocenters. The van der Waals surface area contributed by atoms with Crippen LogP contribution in [-0.4, -0.2) is 56.9 Å². The van der Waals surface area contributed by atoms with Gasteiger partial charge < -0.3 is 39.5 Å². The molecule has 0 saturated carbocycles. The normalized spacial score (nSPS) is 19.4. The number of hydrogen-bond acceptors (Lipinski definition) is 8. The van der Waals surface area contributed by atoms with Crippen LogP contribution in [0.5, 0.6) is 0 Å². The van der Waals surface area contributed by atoms with Crippen LogP contribution in [0.2, 0.25) is 0 Å². The summed E-state index contributed by atoms with van der Waals surface area (Å²) in [6, 6.07) is 14.9. The molecule has 9 heteroatoms. The third-order valence-corrected chi connectivity index (χ3v) is 6.22. The lowest BCUT2D eigenvalue weighted by Crippen LogP contribution is -2.38. The standard InChI is InChI=1S/C28H34N2O7/c1-2-35-28-20(11-13-33-15-16-34-14-12-31)21(22-18-36-25-10-6-3-7-19(22)25)17-26(37-28)27(32)30-24-9-5-4-8-23(24)29/h3-10,17-18,20-21,28,31H,2,11-16,29H2,1H3,(H,30,32)/t20-,21-,28+/m0/s1. The number of ether oxygens (including phenoxy) is 4. The second-order valence-corrected chi connectivity index (χ2v) is 8.63. The van der Waals surface area contributed by atoms with Gasteiger partial charge in [0.05, 0.1) is 44.1 Å². The van der Waals surface area contributed by atoms with Gasteiger partial charge in [0.25, 0.3) is 5.91 Å². The van der Waals surface area contributed by atoms with Gasteiger partial charge in [-0.15, -0.1) is 0 Å². The molecule has 0 bridgehead atoms. The van der Waals surface area contributed by atoms with Gasteiger partial charge in [0.1, 0.15) is 5.58 Å². The number of furan rings is 1. The predicted octanol–water partition coefficient (Wildman–Crippen LogP) is 4.05. The van der Waals surface area contributed by atoms with Gasteiger partial charge in [0.2, 0.25) is 6.29 Å². The average molecular weight is 511 g/mol. The Labute approximate surface area is 216 Å². The number of nitrogens with one attached hydrogen (secondary N) is 1. The van der Waals surface area contributed by atoms with Gasteiger partial charge in [-0.1, -0.05) is 30.3 Å². The van der Waals surface area contributed by atoms with Crippen LogP contribution in [0.4, 0.5) is 11.4 Å². The van der Waals surface area contributed by atoms with Gasteiger partial charge in [-0.3, -0.25) is 4.79 Å². The molecule has 1 aromatic heterocycles. The first-order valence-corrected chi connectivity index (χ1v) is 12.5. The first-order valence-electron chi connectivity index (χ1n) is 12.5. The molecule has 4 N–H and O–H groups in total. The SMILES string of the molecule is CCO[C@@H]1OC(C(=O)Nc2ccccc2N)=C[C@H](c2coc3ccccc23)[C@@H]1CCOCCOCCO. The fourth-order valence-electron chi connectivity index (χ4n) is 4.45. The second kappa shape index (κ2) is 13.3. The van der Waals surface area contributed by atoms with E-state index in [0.717, 1.165) is 16.5 Å². The van der Waals surface area contributed by atoms with E-state index in [9.17, 15) is 4.79 Å². The van der Waals surface area contributed by atoms with Crippen molar-refractivity contribution >= 4 is 28.3 Å². The predicted molar refractivity (Wildman–Crippen MR) is 140 cm³/mol. The van der Waals surface area contributed by atoms with Crippen LogP contribution < -0.4 is 11.1 Å². The van der Waals surface area contributed by atoms with Crippen LogP contribution in [0, 0.1) is 5.92 Å². The monoisotopic (exact) mass is 510 g/mol. The van der Waals surface area contributed by atoms with Crippen molar-refractivity contribution in [1.29, 1.82) is 0 Å². The number of benzene rings is 2. The Kier molecular flexibility index (Phi) is 9.56. The Morgan fingerprint density at radius 2 is 1.81 bits per heavy atom. The molecule has 1 aliphatic rings. The van der Waals surface area contributed by atoms with E-state index in [0.29, 0.717) is 44.2 Å². The fraction of sp³-hybridized carbons (Fsp3) is 0.393. The average Bonchev–Trinajstić information content (AvgIpc) is 3.34. The summed E-state index contributed by atoms with van der Waals surface area (Å²) < 4.78 is 29.0. The van der Waals surface area contributed by atoms with E-state index in [1.54, 1.807) is 30.5 Å². The second-order valence-electron chi connectivity index (χ2n) is 8.63. The molecular weight excluding hydrogens is 476 g/mol. The Hall–Kier alpha value is -3.37. The molecule has 0 spiro atoms. The number of anilines is 2. The van der Waals surface area contributed by atoms with Crippen LogP contribution in [-0.2, 0) is 23.7 Å². The molecule has 0 saturated heterocycles. The first-order chi connectivity index (χ1) is 18.1. The first kappa shape index (κ1) is 26.7. The number of rotatable bonds is 13. The summed E-state index contributed by atoms with van der Waals surface area (Å²) in [5, 5.41) is 12.6. The fourth-order valence-corrected chi connectivity index (χ4v) is 4.45. The molecule has 2 heterocycles. The van der Waals surface area contributed by atoms with E-state index in [2.05, 4.69) is 5.32 Å². The number of carbonyl (C=O) groups excluding carboxylic acids is 1. The molecule has 2 aromatic carbocycles. The summed E-state index contributed by atoms with van der Waals surface area (Å²) in [5.41, 5.74) is 8.71. The summed E-state index contributed by atoms with van der Waals surface area (Å²) >= 11 is 0. The van der Waals surface area contributed by atoms with E-state index in [1.807, 2.05) is 37.3 Å². The van der Waals surface area contributed by atoms with Gasteiger partial charge in [0.15, 0.2) is 5.76 Å². The van der Waals surface area contributed by atoms with Crippen molar-refractivity contribution in [2.24, 2.45) is 5.92 Å². The summed E-state index contributed by atoms with van der Waals surface area (Å²) in [6.45, 7) is 3.83. The number of nitrogen functional groups attached to an aromatic ring is 1. The van der Waals surface area contributed by atoms with Gasteiger partial charge in [-0.05, 0) is 37.6 Å². The topological polar surface area (TPSA) is 125 Å². The van der Waals surface area contributed by atoms with Gasteiger partial charge in [-0.2, -0.15) is 0 Å². The zero-order valence-corrected chi connectivity index (χ0v) is 20.9. The molecule has 0 unspecified atom stereocenters. The maximum atomic E-state index is 13.2. The number of amides is 1. The van der Waals surface area contributed by atoms with Crippen molar-refractivity contribution in [2.75, 3.05) is 50.7 Å². The zero-order chi connectivity index (χ0) is 26.0. The number of para-hydroxylation sites is 3. The largest absolute Gasteiger partial charge is 0.464 e. The number of carbonyl (C=O) groups is 1. The third kappa shape index (κ3) is 6.69. The summed E-state index contributed by atoms with van der Waals surface area (Å²) in [6.07, 6.45) is 3.51. The van der Waals surface area contributed by atoms with E-state index in [4.69, 9.17) is 34.2 Å².